The molecule has 0 radical (unpaired) electrons. The second kappa shape index (κ2) is 7.72. The fourth-order valence-corrected chi connectivity index (χ4v) is 4.50. The van der Waals surface area contributed by atoms with E-state index in [2.05, 4.69) is 0 Å². The fourth-order valence-electron chi connectivity index (χ4n) is 4.19. The van der Waals surface area contributed by atoms with Crippen LogP contribution in [0, 0.1) is 21.9 Å². The van der Waals surface area contributed by atoms with Crippen molar-refractivity contribution in [3.05, 3.63) is 62.5 Å². The van der Waals surface area contributed by atoms with Crippen molar-refractivity contribution in [1.82, 2.24) is 4.57 Å². The molecule has 0 aliphatic carbocycles. The lowest BCUT2D eigenvalue weighted by Crippen LogP contribution is -2.60. The molecule has 1 aliphatic heterocycles. The van der Waals surface area contributed by atoms with E-state index in [1.54, 1.807) is 11.5 Å². The van der Waals surface area contributed by atoms with Gasteiger partial charge in [-0.3, -0.25) is 14.7 Å². The van der Waals surface area contributed by atoms with Gasteiger partial charge in [-0.2, -0.15) is 0 Å². The molecule has 2 heterocycles. The van der Waals surface area contributed by atoms with E-state index in [0.29, 0.717) is 22.4 Å². The molecule has 1 aromatic heterocycles. The average Bonchev–Trinajstić information content (AvgIpc) is 3.04. The molecule has 0 saturated heterocycles. The molecule has 1 N–H and O–H groups in total. The minimum Gasteiger partial charge on any atom is -0.479 e. The van der Waals surface area contributed by atoms with E-state index in [4.69, 9.17) is 30.8 Å². The molecule has 0 bridgehead atoms. The van der Waals surface area contributed by atoms with Crippen LogP contribution in [0.3, 0.4) is 0 Å². The highest BCUT2D eigenvalue weighted by molar-refractivity contribution is 7.71. The Balaban J connectivity index is 2.01. The standard InChI is InChI=1S/C21H22N2O7S/c1-11-5-7-14-16(9-11)29-20(31)22(14)17-13-10-12(23(25)26)6-8-15(13)30-21(2,18(17)24)19(27-3)28-4/h5-10,17-19,24H,1-4H3/t17-,18-,21-/m1/s1. The lowest BCUT2D eigenvalue weighted by Gasteiger charge is -2.46. The fraction of sp³-hybridized carbons (Fsp3) is 0.381. The highest BCUT2D eigenvalue weighted by Gasteiger charge is 2.53. The number of oxazole rings is 1. The van der Waals surface area contributed by atoms with Gasteiger partial charge >= 0.3 is 0 Å². The Bertz CT molecular complexity index is 1220. The maximum Gasteiger partial charge on any atom is 0.270 e. The van der Waals surface area contributed by atoms with Crippen molar-refractivity contribution in [3.8, 4) is 5.75 Å². The van der Waals surface area contributed by atoms with Crippen molar-refractivity contribution in [2.75, 3.05) is 14.2 Å². The number of hydrogen-bond donors (Lipinski definition) is 1. The first-order chi connectivity index (χ1) is 14.7. The Kier molecular flexibility index (Phi) is 5.34. The SMILES string of the molecule is COC(OC)[C@]1(C)Oc2ccc([N+](=O)[O-])cc2[C@@H](n2c(=S)oc3cc(C)ccc32)[C@H]1O. The van der Waals surface area contributed by atoms with Crippen LogP contribution in [-0.4, -0.2) is 46.8 Å². The summed E-state index contributed by atoms with van der Waals surface area (Å²) in [5.74, 6) is 0.353. The van der Waals surface area contributed by atoms with Crippen LogP contribution < -0.4 is 4.74 Å². The van der Waals surface area contributed by atoms with E-state index in [0.717, 1.165) is 5.56 Å². The Morgan fingerprint density at radius 1 is 1.26 bits per heavy atom. The van der Waals surface area contributed by atoms with Crippen molar-refractivity contribution in [3.63, 3.8) is 0 Å². The zero-order valence-electron chi connectivity index (χ0n) is 17.4. The number of fused-ring (bicyclic) bond motifs is 2. The zero-order chi connectivity index (χ0) is 22.5. The molecule has 0 spiro atoms. The van der Waals surface area contributed by atoms with E-state index in [1.807, 2.05) is 25.1 Å². The van der Waals surface area contributed by atoms with Gasteiger partial charge in [0.2, 0.25) is 0 Å². The monoisotopic (exact) mass is 446 g/mol. The number of hydrogen-bond acceptors (Lipinski definition) is 8. The summed E-state index contributed by atoms with van der Waals surface area (Å²) >= 11 is 5.49. The molecular formula is C21H22N2O7S. The molecule has 3 aromatic rings. The van der Waals surface area contributed by atoms with Gasteiger partial charge in [-0.15, -0.1) is 0 Å². The smallest absolute Gasteiger partial charge is 0.270 e. The number of non-ortho nitro benzene ring substituents is 1. The molecule has 0 fully saturated rings. The number of aryl methyl sites for hydroxylation is 1. The Labute approximate surface area is 182 Å². The molecule has 0 saturated carbocycles. The van der Waals surface area contributed by atoms with Crippen LogP contribution in [0.1, 0.15) is 24.1 Å². The van der Waals surface area contributed by atoms with Crippen molar-refractivity contribution >= 4 is 29.0 Å². The number of methoxy groups -OCH3 is 2. The lowest BCUT2D eigenvalue weighted by molar-refractivity contribution is -0.385. The van der Waals surface area contributed by atoms with E-state index in [9.17, 15) is 15.2 Å². The summed E-state index contributed by atoms with van der Waals surface area (Å²) in [6.07, 6.45) is -2.18. The van der Waals surface area contributed by atoms with Crippen LogP contribution >= 0.6 is 12.2 Å². The van der Waals surface area contributed by atoms with Crippen LogP contribution in [-0.2, 0) is 9.47 Å². The van der Waals surface area contributed by atoms with Crippen LogP contribution in [0.15, 0.2) is 40.8 Å². The predicted molar refractivity (Wildman–Crippen MR) is 114 cm³/mol. The summed E-state index contributed by atoms with van der Waals surface area (Å²) in [5.41, 5.74) is 1.11. The van der Waals surface area contributed by atoms with Gasteiger partial charge in [0.25, 0.3) is 10.5 Å². The maximum absolute atomic E-state index is 11.5. The number of aliphatic hydroxyl groups excluding tert-OH is 1. The van der Waals surface area contributed by atoms with Crippen LogP contribution in [0.25, 0.3) is 11.1 Å². The van der Waals surface area contributed by atoms with Crippen molar-refractivity contribution in [1.29, 1.82) is 0 Å². The number of aromatic nitrogens is 1. The minimum absolute atomic E-state index is 0.123. The lowest BCUT2D eigenvalue weighted by atomic mass is 9.84. The van der Waals surface area contributed by atoms with Crippen LogP contribution in [0.2, 0.25) is 0 Å². The van der Waals surface area contributed by atoms with Gasteiger partial charge in [0.05, 0.1) is 16.5 Å². The first-order valence-electron chi connectivity index (χ1n) is 9.54. The summed E-state index contributed by atoms with van der Waals surface area (Å²) in [6.45, 7) is 3.58. The Morgan fingerprint density at radius 2 is 1.97 bits per heavy atom. The highest BCUT2D eigenvalue weighted by atomic mass is 32.1. The zero-order valence-corrected chi connectivity index (χ0v) is 18.2. The van der Waals surface area contributed by atoms with Crippen LogP contribution in [0.5, 0.6) is 5.75 Å². The van der Waals surface area contributed by atoms with Gasteiger partial charge in [0, 0.05) is 31.9 Å². The largest absolute Gasteiger partial charge is 0.479 e. The normalized spacial score (nSPS) is 23.0. The molecule has 1 aliphatic rings. The minimum atomic E-state index is -1.35. The van der Waals surface area contributed by atoms with Crippen molar-refractivity contribution in [2.24, 2.45) is 0 Å². The summed E-state index contributed by atoms with van der Waals surface area (Å²) in [6, 6.07) is 8.96. The Morgan fingerprint density at radius 3 is 2.61 bits per heavy atom. The summed E-state index contributed by atoms with van der Waals surface area (Å²) < 4.78 is 24.4. The molecule has 0 unspecified atom stereocenters. The number of ether oxygens (including phenoxy) is 3. The van der Waals surface area contributed by atoms with Gasteiger partial charge in [-0.05, 0) is 49.8 Å². The van der Waals surface area contributed by atoms with Crippen molar-refractivity contribution < 1.29 is 28.7 Å². The Hall–Kier alpha value is -2.79. The maximum atomic E-state index is 11.5. The molecule has 4 rings (SSSR count). The number of nitro benzene ring substituents is 1. The summed E-state index contributed by atoms with van der Waals surface area (Å²) in [4.78, 5) is 11.0. The molecule has 31 heavy (non-hydrogen) atoms. The van der Waals surface area contributed by atoms with Crippen LogP contribution in [0.4, 0.5) is 5.69 Å². The molecule has 2 aromatic carbocycles. The van der Waals surface area contributed by atoms with E-state index < -0.39 is 29.0 Å². The second-order valence-corrected chi connectivity index (χ2v) is 8.02. The third-order valence-electron chi connectivity index (χ3n) is 5.68. The van der Waals surface area contributed by atoms with Gasteiger partial charge in [0.15, 0.2) is 17.5 Å². The predicted octanol–water partition coefficient (Wildman–Crippen LogP) is 3.90. The summed E-state index contributed by atoms with van der Waals surface area (Å²) in [7, 11) is 2.88. The number of rotatable bonds is 5. The van der Waals surface area contributed by atoms with Crippen molar-refractivity contribution in [2.45, 2.75) is 37.9 Å². The van der Waals surface area contributed by atoms with Gasteiger partial charge in [-0.25, -0.2) is 0 Å². The first kappa shape index (κ1) is 21.4. The van der Waals surface area contributed by atoms with E-state index >= 15 is 0 Å². The first-order valence-corrected chi connectivity index (χ1v) is 9.94. The van der Waals surface area contributed by atoms with Gasteiger partial charge in [-0.1, -0.05) is 6.07 Å². The van der Waals surface area contributed by atoms with Gasteiger partial charge < -0.3 is 23.7 Å². The number of aliphatic hydroxyl groups is 1. The quantitative estimate of drug-likeness (QED) is 0.272. The number of nitro groups is 1. The second-order valence-electron chi connectivity index (χ2n) is 7.67. The third kappa shape index (κ3) is 3.32. The molecule has 9 nitrogen and oxygen atoms in total. The highest BCUT2D eigenvalue weighted by Crippen LogP contribution is 2.46. The topological polar surface area (TPSA) is 109 Å². The van der Waals surface area contributed by atoms with E-state index in [-0.39, 0.29) is 10.5 Å². The van der Waals surface area contributed by atoms with Gasteiger partial charge in [0.1, 0.15) is 11.9 Å². The molecule has 0 amide bonds. The molecule has 164 valence electrons. The number of nitrogens with zero attached hydrogens (tertiary/aromatic N) is 2. The molecular weight excluding hydrogens is 424 g/mol. The summed E-state index contributed by atoms with van der Waals surface area (Å²) in [5, 5.41) is 23.0. The third-order valence-corrected chi connectivity index (χ3v) is 5.96. The average molecular weight is 446 g/mol. The number of benzene rings is 2. The van der Waals surface area contributed by atoms with E-state index in [1.165, 1.54) is 32.4 Å². The molecule has 3 atom stereocenters. The molecule has 10 heteroatoms.